The van der Waals surface area contributed by atoms with Crippen molar-refractivity contribution in [2.24, 2.45) is 5.73 Å². The maximum Gasteiger partial charge on any atom is 0.0810 e. The zero-order chi connectivity index (χ0) is 14.8. The highest BCUT2D eigenvalue weighted by Gasteiger charge is 2.11. The summed E-state index contributed by atoms with van der Waals surface area (Å²) in [5, 5.41) is 3.19. The van der Waals surface area contributed by atoms with Gasteiger partial charge in [0, 0.05) is 20.8 Å². The van der Waals surface area contributed by atoms with Crippen LogP contribution in [-0.4, -0.2) is 11.5 Å². The van der Waals surface area contributed by atoms with Crippen LogP contribution in [-0.2, 0) is 6.42 Å². The summed E-state index contributed by atoms with van der Waals surface area (Å²) in [6.07, 6.45) is 0.860. The van der Waals surface area contributed by atoms with Gasteiger partial charge in [0.25, 0.3) is 0 Å². The molecule has 1 aromatic heterocycles. The smallest absolute Gasteiger partial charge is 0.0810 e. The standard InChI is InChI=1S/C17H17ClN2S/c1-11-14-4-2-3-5-15(14)20-17(11)21-16-10-13(18)7-6-12(16)8-9-19/h2-7,10,20H,8-9,19H2,1H3. The number of nitrogens with one attached hydrogen (secondary N) is 1. The predicted octanol–water partition coefficient (Wildman–Crippen LogP) is 4.78. The SMILES string of the molecule is Cc1c(Sc2cc(Cl)ccc2CCN)[nH]c2ccccc12. The van der Waals surface area contributed by atoms with Crippen LogP contribution in [0.4, 0.5) is 0 Å². The minimum absolute atomic E-state index is 0.640. The van der Waals surface area contributed by atoms with E-state index >= 15 is 0 Å². The van der Waals surface area contributed by atoms with E-state index in [1.165, 1.54) is 26.9 Å². The molecule has 0 radical (unpaired) electrons. The summed E-state index contributed by atoms with van der Waals surface area (Å²) >= 11 is 7.87. The van der Waals surface area contributed by atoms with Gasteiger partial charge in [-0.05, 0) is 49.2 Å². The normalized spacial score (nSPS) is 11.2. The van der Waals surface area contributed by atoms with Crippen molar-refractivity contribution in [2.75, 3.05) is 6.54 Å². The number of hydrogen-bond acceptors (Lipinski definition) is 2. The fraction of sp³-hybridized carbons (Fsp3) is 0.176. The van der Waals surface area contributed by atoms with Gasteiger partial charge in [-0.3, -0.25) is 0 Å². The summed E-state index contributed by atoms with van der Waals surface area (Å²) in [5.74, 6) is 0. The van der Waals surface area contributed by atoms with E-state index in [-0.39, 0.29) is 0 Å². The monoisotopic (exact) mass is 316 g/mol. The predicted molar refractivity (Wildman–Crippen MR) is 91.4 cm³/mol. The highest BCUT2D eigenvalue weighted by Crippen LogP contribution is 2.36. The molecule has 3 aromatic rings. The second-order valence-corrected chi connectivity index (χ2v) is 6.51. The molecular formula is C17H17ClN2S. The van der Waals surface area contributed by atoms with Crippen LogP contribution in [0.3, 0.4) is 0 Å². The molecule has 0 fully saturated rings. The fourth-order valence-electron chi connectivity index (χ4n) is 2.45. The van der Waals surface area contributed by atoms with Crippen LogP contribution in [0.25, 0.3) is 10.9 Å². The zero-order valence-corrected chi connectivity index (χ0v) is 13.4. The Kier molecular flexibility index (Phi) is 4.24. The topological polar surface area (TPSA) is 41.8 Å². The Hall–Kier alpha value is -1.42. The van der Waals surface area contributed by atoms with E-state index < -0.39 is 0 Å². The molecule has 0 atom stereocenters. The number of fused-ring (bicyclic) bond motifs is 1. The van der Waals surface area contributed by atoms with E-state index in [0.29, 0.717) is 6.54 Å². The summed E-state index contributed by atoms with van der Waals surface area (Å²) in [6.45, 7) is 2.79. The fourth-order valence-corrected chi connectivity index (χ4v) is 3.82. The highest BCUT2D eigenvalue weighted by atomic mass is 35.5. The van der Waals surface area contributed by atoms with Crippen LogP contribution in [0.5, 0.6) is 0 Å². The molecular weight excluding hydrogens is 300 g/mol. The molecule has 0 unspecified atom stereocenters. The highest BCUT2D eigenvalue weighted by molar-refractivity contribution is 7.99. The van der Waals surface area contributed by atoms with Gasteiger partial charge in [-0.2, -0.15) is 0 Å². The lowest BCUT2D eigenvalue weighted by molar-refractivity contribution is 0.944. The number of aryl methyl sites for hydroxylation is 1. The Morgan fingerprint density at radius 1 is 1.19 bits per heavy atom. The first-order valence-electron chi connectivity index (χ1n) is 6.92. The average molecular weight is 317 g/mol. The van der Waals surface area contributed by atoms with Gasteiger partial charge in [0.15, 0.2) is 0 Å². The number of nitrogens with two attached hydrogens (primary N) is 1. The van der Waals surface area contributed by atoms with Crippen LogP contribution in [0.2, 0.25) is 5.02 Å². The Balaban J connectivity index is 2.02. The van der Waals surface area contributed by atoms with Crippen LogP contribution >= 0.6 is 23.4 Å². The number of rotatable bonds is 4. The Morgan fingerprint density at radius 3 is 2.76 bits per heavy atom. The lowest BCUT2D eigenvalue weighted by Gasteiger charge is -2.08. The molecule has 108 valence electrons. The third-order valence-corrected chi connectivity index (χ3v) is 5.02. The first kappa shape index (κ1) is 14.5. The van der Waals surface area contributed by atoms with Crippen molar-refractivity contribution >= 4 is 34.3 Å². The van der Waals surface area contributed by atoms with E-state index in [1.807, 2.05) is 18.2 Å². The van der Waals surface area contributed by atoms with E-state index in [4.69, 9.17) is 17.3 Å². The Bertz CT molecular complexity index is 780. The molecule has 2 nitrogen and oxygen atoms in total. The van der Waals surface area contributed by atoms with Gasteiger partial charge in [-0.25, -0.2) is 0 Å². The van der Waals surface area contributed by atoms with Crippen LogP contribution in [0, 0.1) is 6.92 Å². The van der Waals surface area contributed by atoms with Crippen molar-refractivity contribution in [1.29, 1.82) is 0 Å². The number of halogens is 1. The number of benzene rings is 2. The molecule has 0 bridgehead atoms. The molecule has 0 amide bonds. The summed E-state index contributed by atoms with van der Waals surface area (Å²) < 4.78 is 0. The molecule has 0 aliphatic heterocycles. The summed E-state index contributed by atoms with van der Waals surface area (Å²) in [4.78, 5) is 4.66. The van der Waals surface area contributed by atoms with Gasteiger partial charge in [-0.15, -0.1) is 0 Å². The largest absolute Gasteiger partial charge is 0.349 e. The van der Waals surface area contributed by atoms with Gasteiger partial charge in [0.1, 0.15) is 0 Å². The molecule has 3 N–H and O–H groups in total. The van der Waals surface area contributed by atoms with Gasteiger partial charge < -0.3 is 10.7 Å². The van der Waals surface area contributed by atoms with Gasteiger partial charge in [0.05, 0.1) is 5.03 Å². The molecule has 0 spiro atoms. The van der Waals surface area contributed by atoms with Crippen LogP contribution in [0.15, 0.2) is 52.4 Å². The van der Waals surface area contributed by atoms with E-state index in [1.54, 1.807) is 11.8 Å². The lowest BCUT2D eigenvalue weighted by atomic mass is 10.1. The number of aromatic nitrogens is 1. The van der Waals surface area contributed by atoms with E-state index in [0.717, 1.165) is 16.5 Å². The first-order chi connectivity index (χ1) is 10.2. The zero-order valence-electron chi connectivity index (χ0n) is 11.8. The maximum atomic E-state index is 6.15. The number of hydrogen-bond donors (Lipinski definition) is 2. The summed E-state index contributed by atoms with van der Waals surface area (Å²) in [6, 6.07) is 14.4. The second kappa shape index (κ2) is 6.14. The molecule has 0 aliphatic carbocycles. The molecule has 0 aliphatic rings. The molecule has 2 aromatic carbocycles. The second-order valence-electron chi connectivity index (χ2n) is 5.02. The lowest BCUT2D eigenvalue weighted by Crippen LogP contribution is -2.03. The van der Waals surface area contributed by atoms with Gasteiger partial charge >= 0.3 is 0 Å². The first-order valence-corrected chi connectivity index (χ1v) is 8.12. The van der Waals surface area contributed by atoms with Crippen LogP contribution < -0.4 is 5.73 Å². The third-order valence-electron chi connectivity index (χ3n) is 3.57. The average Bonchev–Trinajstić information content (AvgIpc) is 2.79. The van der Waals surface area contributed by atoms with Crippen molar-refractivity contribution in [3.8, 4) is 0 Å². The minimum atomic E-state index is 0.640. The van der Waals surface area contributed by atoms with E-state index in [9.17, 15) is 0 Å². The molecule has 1 heterocycles. The third kappa shape index (κ3) is 2.95. The number of H-pyrrole nitrogens is 1. The Labute approximate surface area is 133 Å². The van der Waals surface area contributed by atoms with E-state index in [2.05, 4.69) is 36.2 Å². The minimum Gasteiger partial charge on any atom is -0.349 e. The quantitative estimate of drug-likeness (QED) is 0.727. The molecule has 3 rings (SSSR count). The van der Waals surface area contributed by atoms with Crippen molar-refractivity contribution < 1.29 is 0 Å². The van der Waals surface area contributed by atoms with Gasteiger partial charge in [0.2, 0.25) is 0 Å². The molecule has 21 heavy (non-hydrogen) atoms. The number of aromatic amines is 1. The number of para-hydroxylation sites is 1. The summed E-state index contributed by atoms with van der Waals surface area (Å²) in [7, 11) is 0. The van der Waals surface area contributed by atoms with Crippen molar-refractivity contribution in [3.05, 3.63) is 58.6 Å². The van der Waals surface area contributed by atoms with Gasteiger partial charge in [-0.1, -0.05) is 47.6 Å². The molecule has 4 heteroatoms. The van der Waals surface area contributed by atoms with Crippen molar-refractivity contribution in [1.82, 2.24) is 4.98 Å². The van der Waals surface area contributed by atoms with Crippen molar-refractivity contribution in [2.45, 2.75) is 23.3 Å². The molecule has 0 saturated heterocycles. The van der Waals surface area contributed by atoms with Crippen LogP contribution in [0.1, 0.15) is 11.1 Å². The maximum absolute atomic E-state index is 6.15. The molecule has 0 saturated carbocycles. The van der Waals surface area contributed by atoms with Crippen molar-refractivity contribution in [3.63, 3.8) is 0 Å². The summed E-state index contributed by atoms with van der Waals surface area (Å²) in [5.41, 5.74) is 9.38. The Morgan fingerprint density at radius 2 is 2.00 bits per heavy atom.